The average molecular weight is 620 g/mol. The molecule has 0 bridgehead atoms. The Morgan fingerprint density at radius 2 is 1.53 bits per heavy atom. The van der Waals surface area contributed by atoms with E-state index in [1.54, 1.807) is 0 Å². The Kier molecular flexibility index (Phi) is 14.8. The molecular weight excluding hydrogens is 583 g/mol. The highest BCUT2D eigenvalue weighted by molar-refractivity contribution is 7.72. The first-order chi connectivity index (χ1) is 17.7. The number of nitrogens with zero attached hydrogens (tertiary/aromatic N) is 1. The summed E-state index contributed by atoms with van der Waals surface area (Å²) in [6.07, 6.45) is 0.525. The highest BCUT2D eigenvalue weighted by atomic mass is 35.5. The van der Waals surface area contributed by atoms with E-state index in [0.717, 1.165) is 11.3 Å². The summed E-state index contributed by atoms with van der Waals surface area (Å²) in [5, 5.41) is 11.5. The Hall–Kier alpha value is -1.20. The number of nitrogens with one attached hydrogen (secondary N) is 2. The standard InChI is InChI=1S/C22H37Cl2N3O9P2/c1-17(21(29)25-14-3-2-11-22(30,37(31,32)33)38(34,35)36)26-20(28)6-4-5-18-7-9-19(10-8-18)27(15-12-23)16-13-24/h7-10,17,30H,2-6,11-16H2,1H3,(H,25,29)(H,26,28)(H2,31,32,33)(H2,34,35,36)/t17-/m1/s1. The first-order valence-electron chi connectivity index (χ1n) is 12.0. The molecule has 38 heavy (non-hydrogen) atoms. The van der Waals surface area contributed by atoms with Crippen LogP contribution in [0.2, 0.25) is 0 Å². The summed E-state index contributed by atoms with van der Waals surface area (Å²) in [6, 6.07) is 7.11. The van der Waals surface area contributed by atoms with Crippen molar-refractivity contribution in [2.45, 2.75) is 56.6 Å². The zero-order valence-corrected chi connectivity index (χ0v) is 24.4. The van der Waals surface area contributed by atoms with Gasteiger partial charge < -0.3 is 40.2 Å². The molecule has 1 aromatic carbocycles. The Morgan fingerprint density at radius 3 is 2.03 bits per heavy atom. The van der Waals surface area contributed by atoms with Crippen LogP contribution < -0.4 is 15.5 Å². The molecule has 12 nitrogen and oxygen atoms in total. The fraction of sp³-hybridized carbons (Fsp3) is 0.636. The largest absolute Gasteiger partial charge is 0.369 e. The zero-order chi connectivity index (χ0) is 29.0. The number of hydrogen-bond donors (Lipinski definition) is 7. The van der Waals surface area contributed by atoms with Crippen LogP contribution in [-0.2, 0) is 25.1 Å². The van der Waals surface area contributed by atoms with Crippen molar-refractivity contribution in [3.05, 3.63) is 29.8 Å². The third-order valence-corrected chi connectivity index (χ3v) is 10.0. The predicted molar refractivity (Wildman–Crippen MR) is 147 cm³/mol. The summed E-state index contributed by atoms with van der Waals surface area (Å²) >= 11 is 11.7. The van der Waals surface area contributed by atoms with Gasteiger partial charge in [-0.3, -0.25) is 18.7 Å². The van der Waals surface area contributed by atoms with Crippen molar-refractivity contribution in [2.24, 2.45) is 0 Å². The number of aryl methyl sites for hydroxylation is 1. The van der Waals surface area contributed by atoms with E-state index < -0.39 is 38.6 Å². The molecule has 16 heteroatoms. The SMILES string of the molecule is C[C@@H](NC(=O)CCCc1ccc(N(CCCl)CCCl)cc1)C(=O)NCCCCC(O)(P(=O)(O)O)P(=O)(O)O. The zero-order valence-electron chi connectivity index (χ0n) is 21.1. The van der Waals surface area contributed by atoms with Crippen molar-refractivity contribution in [2.75, 3.05) is 36.3 Å². The lowest BCUT2D eigenvalue weighted by atomic mass is 10.1. The fourth-order valence-corrected chi connectivity index (χ4v) is 6.26. The maximum absolute atomic E-state index is 12.2. The summed E-state index contributed by atoms with van der Waals surface area (Å²) in [4.78, 5) is 63.0. The minimum Gasteiger partial charge on any atom is -0.369 e. The topological polar surface area (TPSA) is 197 Å². The second-order valence-electron chi connectivity index (χ2n) is 8.78. The van der Waals surface area contributed by atoms with Crippen molar-refractivity contribution < 1.29 is 43.4 Å². The summed E-state index contributed by atoms with van der Waals surface area (Å²) in [7, 11) is -11.0. The molecule has 0 aliphatic carbocycles. The first kappa shape index (κ1) is 34.8. The van der Waals surface area contributed by atoms with Crippen molar-refractivity contribution in [1.29, 1.82) is 0 Å². The van der Waals surface area contributed by atoms with E-state index in [0.29, 0.717) is 37.7 Å². The first-order valence-corrected chi connectivity index (χ1v) is 16.3. The summed E-state index contributed by atoms with van der Waals surface area (Å²) in [5.74, 6) is 0.196. The Morgan fingerprint density at radius 1 is 0.974 bits per heavy atom. The maximum atomic E-state index is 12.2. The molecular formula is C22H37Cl2N3O9P2. The monoisotopic (exact) mass is 619 g/mol. The molecule has 0 unspecified atom stereocenters. The van der Waals surface area contributed by atoms with E-state index >= 15 is 0 Å². The number of alkyl halides is 2. The van der Waals surface area contributed by atoms with Crippen molar-refractivity contribution >= 4 is 55.9 Å². The van der Waals surface area contributed by atoms with Crippen LogP contribution in [0.3, 0.4) is 0 Å². The number of unbranched alkanes of at least 4 members (excludes halogenated alkanes) is 1. The molecule has 0 radical (unpaired) electrons. The molecule has 0 saturated carbocycles. The van der Waals surface area contributed by atoms with Gasteiger partial charge in [0.2, 0.25) is 11.8 Å². The molecule has 0 fully saturated rings. The smallest absolute Gasteiger partial charge is 0.369 e. The predicted octanol–water partition coefficient (Wildman–Crippen LogP) is 2.09. The molecule has 0 aliphatic heterocycles. The van der Waals surface area contributed by atoms with Gasteiger partial charge in [-0.05, 0) is 56.7 Å². The quantitative estimate of drug-likeness (QED) is 0.0725. The summed E-state index contributed by atoms with van der Waals surface area (Å²) < 4.78 is 22.7. The lowest BCUT2D eigenvalue weighted by molar-refractivity contribution is -0.128. The third kappa shape index (κ3) is 11.1. The number of hydrogen-bond acceptors (Lipinski definition) is 6. The number of anilines is 1. The number of rotatable bonds is 18. The highest BCUT2D eigenvalue weighted by Gasteiger charge is 2.58. The van der Waals surface area contributed by atoms with E-state index in [-0.39, 0.29) is 31.7 Å². The molecule has 1 atom stereocenters. The molecule has 0 heterocycles. The lowest BCUT2D eigenvalue weighted by Crippen LogP contribution is -2.45. The van der Waals surface area contributed by atoms with Crippen molar-refractivity contribution in [3.8, 4) is 0 Å². The van der Waals surface area contributed by atoms with Gasteiger partial charge in [-0.15, -0.1) is 23.2 Å². The van der Waals surface area contributed by atoms with Crippen LogP contribution in [0.1, 0.15) is 44.6 Å². The van der Waals surface area contributed by atoms with Gasteiger partial charge in [0.05, 0.1) is 0 Å². The van der Waals surface area contributed by atoms with Gasteiger partial charge in [-0.2, -0.15) is 0 Å². The van der Waals surface area contributed by atoms with Crippen LogP contribution >= 0.6 is 38.4 Å². The number of carbonyl (C=O) groups is 2. The number of halogens is 2. The van der Waals surface area contributed by atoms with E-state index in [4.69, 9.17) is 42.8 Å². The minimum absolute atomic E-state index is 0.0145. The van der Waals surface area contributed by atoms with E-state index in [9.17, 15) is 23.8 Å². The van der Waals surface area contributed by atoms with E-state index in [2.05, 4.69) is 15.5 Å². The van der Waals surface area contributed by atoms with E-state index in [1.807, 2.05) is 24.3 Å². The van der Waals surface area contributed by atoms with Crippen molar-refractivity contribution in [1.82, 2.24) is 10.6 Å². The number of benzene rings is 1. The van der Waals surface area contributed by atoms with Gasteiger partial charge in [0, 0.05) is 43.5 Å². The molecule has 1 aromatic rings. The minimum atomic E-state index is -5.50. The molecule has 0 aromatic heterocycles. The molecule has 1 rings (SSSR count). The molecule has 2 amide bonds. The van der Waals surface area contributed by atoms with Gasteiger partial charge in [0.15, 0.2) is 0 Å². The number of aliphatic hydroxyl groups is 1. The van der Waals surface area contributed by atoms with Crippen molar-refractivity contribution in [3.63, 3.8) is 0 Å². The van der Waals surface area contributed by atoms with Gasteiger partial charge in [-0.25, -0.2) is 0 Å². The van der Waals surface area contributed by atoms with Crippen LogP contribution in [0, 0.1) is 0 Å². The van der Waals surface area contributed by atoms with Gasteiger partial charge in [-0.1, -0.05) is 12.1 Å². The number of carbonyl (C=O) groups excluding carboxylic acids is 2. The van der Waals surface area contributed by atoms with Crippen LogP contribution in [-0.4, -0.2) is 79.0 Å². The lowest BCUT2D eigenvalue weighted by Gasteiger charge is -2.29. The highest BCUT2D eigenvalue weighted by Crippen LogP contribution is 2.69. The van der Waals surface area contributed by atoms with E-state index in [1.165, 1.54) is 6.92 Å². The van der Waals surface area contributed by atoms with Crippen LogP contribution in [0.5, 0.6) is 0 Å². The molecule has 0 aliphatic rings. The van der Waals surface area contributed by atoms with Gasteiger partial charge in [0.1, 0.15) is 6.04 Å². The van der Waals surface area contributed by atoms with Gasteiger partial charge >= 0.3 is 15.2 Å². The second kappa shape index (κ2) is 16.2. The molecule has 218 valence electrons. The molecule has 7 N–H and O–H groups in total. The maximum Gasteiger partial charge on any atom is 0.369 e. The van der Waals surface area contributed by atoms with Crippen LogP contribution in [0.4, 0.5) is 5.69 Å². The van der Waals surface area contributed by atoms with Gasteiger partial charge in [0.25, 0.3) is 5.08 Å². The molecule has 0 spiro atoms. The Bertz CT molecular complexity index is 961. The normalized spacial score (nSPS) is 13.2. The molecule has 0 saturated heterocycles. The Balaban J connectivity index is 2.37. The number of amides is 2. The third-order valence-electron chi connectivity index (χ3n) is 5.82. The summed E-state index contributed by atoms with van der Waals surface area (Å²) in [6.45, 7) is 2.90. The summed E-state index contributed by atoms with van der Waals surface area (Å²) in [5.41, 5.74) is 2.08. The second-order valence-corrected chi connectivity index (χ2v) is 13.5. The van der Waals surface area contributed by atoms with Crippen LogP contribution in [0.25, 0.3) is 0 Å². The van der Waals surface area contributed by atoms with Crippen LogP contribution in [0.15, 0.2) is 24.3 Å². The average Bonchev–Trinajstić information content (AvgIpc) is 2.82. The fourth-order valence-electron chi connectivity index (χ4n) is 3.59. The Labute approximate surface area is 232 Å².